The van der Waals surface area contributed by atoms with Crippen LogP contribution in [0.5, 0.6) is 17.2 Å². The van der Waals surface area contributed by atoms with Gasteiger partial charge in [0.2, 0.25) is 0 Å². The number of hydrogen-bond acceptors (Lipinski definition) is 5. The maximum atomic E-state index is 14.4. The van der Waals surface area contributed by atoms with Gasteiger partial charge in [0.05, 0.1) is 31.4 Å². The summed E-state index contributed by atoms with van der Waals surface area (Å²) in [6.07, 6.45) is -3.84. The molecule has 1 N–H and O–H groups in total. The van der Waals surface area contributed by atoms with Crippen molar-refractivity contribution in [2.24, 2.45) is 0 Å². The molecule has 0 aliphatic heterocycles. The molecule has 0 radical (unpaired) electrons. The second kappa shape index (κ2) is 12.0. The Morgan fingerprint density at radius 3 is 2.34 bits per heavy atom. The molecule has 10 heteroatoms. The lowest BCUT2D eigenvalue weighted by atomic mass is 10.0. The number of nitrogens with one attached hydrogen (secondary N) is 1. The van der Waals surface area contributed by atoms with E-state index in [0.717, 1.165) is 29.3 Å². The van der Waals surface area contributed by atoms with Crippen LogP contribution in [-0.2, 0) is 22.1 Å². The van der Waals surface area contributed by atoms with E-state index in [-0.39, 0.29) is 29.5 Å². The monoisotopic (exact) mass is 533 g/mol. The minimum Gasteiger partial charge on any atom is -0.496 e. The number of esters is 1. The third-order valence-electron chi connectivity index (χ3n) is 5.89. The van der Waals surface area contributed by atoms with Crippen molar-refractivity contribution in [1.82, 2.24) is 5.32 Å². The fourth-order valence-electron chi connectivity index (χ4n) is 3.79. The number of ether oxygens (including phenoxy) is 3. The average molecular weight is 534 g/mol. The van der Waals surface area contributed by atoms with E-state index in [1.165, 1.54) is 26.4 Å². The van der Waals surface area contributed by atoms with E-state index in [2.05, 4.69) is 10.1 Å². The fraction of sp³-hybridized carbons (Fsp3) is 0.286. The Morgan fingerprint density at radius 2 is 1.71 bits per heavy atom. The third-order valence-corrected chi connectivity index (χ3v) is 5.89. The molecule has 0 aliphatic carbocycles. The summed E-state index contributed by atoms with van der Waals surface area (Å²) in [5.74, 6) is -1.19. The van der Waals surface area contributed by atoms with Crippen LogP contribution in [0.3, 0.4) is 0 Å². The van der Waals surface area contributed by atoms with Crippen molar-refractivity contribution < 1.29 is 41.4 Å². The van der Waals surface area contributed by atoms with Gasteiger partial charge in [-0.15, -0.1) is 0 Å². The first kappa shape index (κ1) is 28.5. The van der Waals surface area contributed by atoms with Crippen LogP contribution < -0.4 is 14.8 Å². The Hall–Kier alpha value is -4.08. The number of rotatable bonds is 9. The average Bonchev–Trinajstić information content (AvgIpc) is 2.86. The van der Waals surface area contributed by atoms with E-state index in [9.17, 15) is 27.2 Å². The lowest BCUT2D eigenvalue weighted by Crippen LogP contribution is -2.27. The summed E-state index contributed by atoms with van der Waals surface area (Å²) < 4.78 is 68.9. The normalized spacial score (nSPS) is 12.0. The van der Waals surface area contributed by atoms with Crippen molar-refractivity contribution in [1.29, 1.82) is 0 Å². The minimum atomic E-state index is -4.59. The van der Waals surface area contributed by atoms with Crippen molar-refractivity contribution in [3.8, 4) is 17.2 Å². The molecule has 0 bridgehead atoms. The highest BCUT2D eigenvalue weighted by molar-refractivity contribution is 5.97. The molecule has 1 amide bonds. The van der Waals surface area contributed by atoms with E-state index in [1.54, 1.807) is 25.1 Å². The number of carbonyl (C=O) groups excluding carboxylic acids is 2. The summed E-state index contributed by atoms with van der Waals surface area (Å²) in [7, 11) is 2.50. The molecule has 0 saturated carbocycles. The smallest absolute Gasteiger partial charge is 0.416 e. The van der Waals surface area contributed by atoms with E-state index in [4.69, 9.17) is 9.47 Å². The lowest BCUT2D eigenvalue weighted by molar-refractivity contribution is -0.140. The van der Waals surface area contributed by atoms with Gasteiger partial charge in [-0.25, -0.2) is 4.39 Å². The number of carbonyl (C=O) groups is 2. The predicted molar refractivity (Wildman–Crippen MR) is 132 cm³/mol. The Labute approximate surface area is 217 Å². The van der Waals surface area contributed by atoms with Crippen LogP contribution in [0.2, 0.25) is 0 Å². The van der Waals surface area contributed by atoms with Crippen molar-refractivity contribution in [3.05, 3.63) is 88.2 Å². The molecule has 0 heterocycles. The van der Waals surface area contributed by atoms with Crippen LogP contribution in [-0.4, -0.2) is 26.1 Å². The van der Waals surface area contributed by atoms with Crippen LogP contribution in [0.25, 0.3) is 0 Å². The second-order valence-corrected chi connectivity index (χ2v) is 8.59. The van der Waals surface area contributed by atoms with E-state index < -0.39 is 29.5 Å². The SMILES string of the molecule is COC(=O)CCc1ccc(Oc2cc(F)cc([C@@H](C)NC(=O)c3ccc(C(F)(F)F)cc3OC)c2)cc1C. The largest absolute Gasteiger partial charge is 0.496 e. The topological polar surface area (TPSA) is 73.9 Å². The highest BCUT2D eigenvalue weighted by Gasteiger charge is 2.32. The van der Waals surface area contributed by atoms with Gasteiger partial charge >= 0.3 is 12.1 Å². The zero-order valence-corrected chi connectivity index (χ0v) is 21.2. The summed E-state index contributed by atoms with van der Waals surface area (Å²) in [6, 6.07) is 11.1. The molecule has 0 aliphatic rings. The Bertz CT molecular complexity index is 1320. The van der Waals surface area contributed by atoms with E-state index in [0.29, 0.717) is 17.7 Å². The van der Waals surface area contributed by atoms with Crippen molar-refractivity contribution in [3.63, 3.8) is 0 Å². The molecule has 38 heavy (non-hydrogen) atoms. The predicted octanol–water partition coefficient (Wildman–Crippen LogP) is 6.55. The van der Waals surface area contributed by atoms with Crippen molar-refractivity contribution >= 4 is 11.9 Å². The van der Waals surface area contributed by atoms with Gasteiger partial charge in [0.15, 0.2) is 0 Å². The zero-order chi connectivity index (χ0) is 28.0. The number of aryl methyl sites for hydroxylation is 2. The fourth-order valence-corrected chi connectivity index (χ4v) is 3.79. The molecule has 0 aromatic heterocycles. The van der Waals surface area contributed by atoms with E-state index >= 15 is 0 Å². The van der Waals surface area contributed by atoms with Crippen LogP contribution in [0.15, 0.2) is 54.6 Å². The molecular formula is C28H27F4NO5. The molecule has 6 nitrogen and oxygen atoms in total. The van der Waals surface area contributed by atoms with Gasteiger partial charge < -0.3 is 19.5 Å². The number of alkyl halides is 3. The zero-order valence-electron chi connectivity index (χ0n) is 21.2. The van der Waals surface area contributed by atoms with Gasteiger partial charge in [-0.05, 0) is 79.4 Å². The molecule has 0 saturated heterocycles. The second-order valence-electron chi connectivity index (χ2n) is 8.59. The highest BCUT2D eigenvalue weighted by atomic mass is 19.4. The first-order valence-corrected chi connectivity index (χ1v) is 11.6. The number of halogens is 4. The summed E-state index contributed by atoms with van der Waals surface area (Å²) in [6.45, 7) is 3.47. The maximum Gasteiger partial charge on any atom is 0.416 e. The molecule has 0 fully saturated rings. The number of amides is 1. The first-order valence-electron chi connectivity index (χ1n) is 11.6. The maximum absolute atomic E-state index is 14.4. The number of hydrogen-bond donors (Lipinski definition) is 1. The molecule has 0 unspecified atom stereocenters. The molecule has 3 aromatic carbocycles. The van der Waals surface area contributed by atoms with E-state index in [1.807, 2.05) is 13.0 Å². The Kier molecular flexibility index (Phi) is 8.98. The summed E-state index contributed by atoms with van der Waals surface area (Å²) in [4.78, 5) is 24.2. The van der Waals surface area contributed by atoms with Gasteiger partial charge in [0.25, 0.3) is 5.91 Å². The highest BCUT2D eigenvalue weighted by Crippen LogP contribution is 2.33. The molecular weight excluding hydrogens is 506 g/mol. The van der Waals surface area contributed by atoms with Crippen molar-refractivity contribution in [2.45, 2.75) is 38.9 Å². The van der Waals surface area contributed by atoms with Crippen molar-refractivity contribution in [2.75, 3.05) is 14.2 Å². The van der Waals surface area contributed by atoms with Gasteiger partial charge in [-0.1, -0.05) is 6.07 Å². The third kappa shape index (κ3) is 7.24. The number of methoxy groups -OCH3 is 2. The molecule has 0 spiro atoms. The molecule has 202 valence electrons. The lowest BCUT2D eigenvalue weighted by Gasteiger charge is -2.18. The van der Waals surface area contributed by atoms with Gasteiger partial charge in [-0.3, -0.25) is 9.59 Å². The first-order chi connectivity index (χ1) is 17.9. The summed E-state index contributed by atoms with van der Waals surface area (Å²) in [5, 5.41) is 2.65. The standard InChI is InChI=1S/C28H27F4NO5/c1-16-11-22(8-5-18(16)6-10-26(34)37-4)38-23-13-19(12-21(29)15-23)17(2)33-27(35)24-9-7-20(28(30,31)32)14-25(24)36-3/h5,7-9,11-15,17H,6,10H2,1-4H3,(H,33,35)/t17-/m1/s1. The van der Waals surface area contributed by atoms with Crippen LogP contribution in [0, 0.1) is 12.7 Å². The summed E-state index contributed by atoms with van der Waals surface area (Å²) >= 11 is 0. The molecule has 3 aromatic rings. The Balaban J connectivity index is 1.75. The Morgan fingerprint density at radius 1 is 0.974 bits per heavy atom. The van der Waals surface area contributed by atoms with Gasteiger partial charge in [0.1, 0.15) is 23.1 Å². The van der Waals surface area contributed by atoms with Crippen LogP contribution in [0.4, 0.5) is 17.6 Å². The number of benzene rings is 3. The van der Waals surface area contributed by atoms with Crippen LogP contribution >= 0.6 is 0 Å². The minimum absolute atomic E-state index is 0.0945. The molecule has 1 atom stereocenters. The molecule has 3 rings (SSSR count). The van der Waals surface area contributed by atoms with Crippen LogP contribution in [0.1, 0.15) is 52.0 Å². The van der Waals surface area contributed by atoms with Gasteiger partial charge in [0, 0.05) is 12.5 Å². The van der Waals surface area contributed by atoms with Gasteiger partial charge in [-0.2, -0.15) is 13.2 Å². The summed E-state index contributed by atoms with van der Waals surface area (Å²) in [5.41, 5.74) is 1.16. The quantitative estimate of drug-likeness (QED) is 0.249.